The first-order valence-electron chi connectivity index (χ1n) is 34.0. The van der Waals surface area contributed by atoms with Gasteiger partial charge in [-0.15, -0.1) is 0 Å². The van der Waals surface area contributed by atoms with Crippen LogP contribution in [0, 0.1) is 0 Å². The molecule has 0 fully saturated rings. The summed E-state index contributed by atoms with van der Waals surface area (Å²) in [7, 11) is -5.10. The lowest BCUT2D eigenvalue weighted by Crippen LogP contribution is -2.30. The summed E-state index contributed by atoms with van der Waals surface area (Å²) in [6.07, 6.45) is 0. The van der Waals surface area contributed by atoms with Crippen molar-refractivity contribution in [3.05, 3.63) is 354 Å². The second kappa shape index (κ2) is 35.9. The Morgan fingerprint density at radius 2 is 0.697 bits per heavy atom. The van der Waals surface area contributed by atoms with Crippen molar-refractivity contribution in [1.29, 1.82) is 0 Å². The topological polar surface area (TPSA) is 276 Å². The Hall–Kier alpha value is -13.6. The first-order valence-corrected chi connectivity index (χ1v) is 37.0. The van der Waals surface area contributed by atoms with Crippen LogP contribution < -0.4 is 47.3 Å². The highest BCUT2D eigenvalue weighted by Gasteiger charge is 2.22. The van der Waals surface area contributed by atoms with Crippen LogP contribution in [0.15, 0.2) is 313 Å². The molecule has 0 radical (unpaired) electrons. The molecule has 0 bridgehead atoms. The maximum Gasteiger partial charge on any atom is 0.335 e. The van der Waals surface area contributed by atoms with Gasteiger partial charge < -0.3 is 43.0 Å². The van der Waals surface area contributed by atoms with Gasteiger partial charge >= 0.3 is 5.97 Å². The van der Waals surface area contributed by atoms with Crippen molar-refractivity contribution in [2.45, 2.75) is 49.4 Å². The van der Waals surface area contributed by atoms with Crippen molar-refractivity contribution in [2.24, 2.45) is 0 Å². The van der Waals surface area contributed by atoms with Crippen molar-refractivity contribution < 1.29 is 74.2 Å². The fourth-order valence-electron chi connectivity index (χ4n) is 11.0. The van der Waals surface area contributed by atoms with Gasteiger partial charge in [-0.3, -0.25) is 9.59 Å². The van der Waals surface area contributed by atoms with E-state index in [-0.39, 0.29) is 46.3 Å². The van der Waals surface area contributed by atoms with Crippen LogP contribution in [-0.2, 0) is 59.7 Å². The van der Waals surface area contributed by atoms with Gasteiger partial charge in [-0.1, -0.05) is 152 Å². The first kappa shape index (κ1) is 75.1. The van der Waals surface area contributed by atoms with Gasteiger partial charge in [-0.2, -0.15) is 0 Å². The molecular formula is C86H71N5O16S2. The van der Waals surface area contributed by atoms with E-state index < -0.39 is 37.8 Å². The molecule has 3 aromatic heterocycles. The zero-order chi connectivity index (χ0) is 76.0. The molecule has 14 rings (SSSR count). The van der Waals surface area contributed by atoms with Crippen LogP contribution in [-0.4, -0.2) is 68.9 Å². The van der Waals surface area contributed by atoms with Crippen LogP contribution in [0.25, 0.3) is 32.7 Å². The maximum atomic E-state index is 12.7. The molecule has 0 unspecified atom stereocenters. The number of para-hydroxylation sites is 3. The molecule has 0 aliphatic heterocycles. The van der Waals surface area contributed by atoms with Crippen molar-refractivity contribution in [1.82, 2.24) is 24.4 Å². The number of aromatic carboxylic acids is 1. The quantitative estimate of drug-likeness (QED) is 0.0431. The fraction of sp³-hybridized carbons (Fsp3) is 0.0930. The summed E-state index contributed by atoms with van der Waals surface area (Å²) >= 11 is 0. The lowest BCUT2D eigenvalue weighted by atomic mass is 10.1. The van der Waals surface area contributed by atoms with Gasteiger partial charge in [0.15, 0.2) is 11.5 Å². The highest BCUT2D eigenvalue weighted by Crippen LogP contribution is 2.31. The second-order valence-corrected chi connectivity index (χ2v) is 27.6. The summed E-state index contributed by atoms with van der Waals surface area (Å²) in [6, 6.07) is 89.1. The number of hydrogen-bond donors (Lipinski definition) is 3. The Balaban J connectivity index is 0.000000155. The van der Waals surface area contributed by atoms with Gasteiger partial charge in [-0.25, -0.2) is 46.0 Å². The Morgan fingerprint density at radius 1 is 0.321 bits per heavy atom. The van der Waals surface area contributed by atoms with Gasteiger partial charge in [0, 0.05) is 45.0 Å². The van der Waals surface area contributed by atoms with Gasteiger partial charge in [0.25, 0.3) is 31.9 Å². The number of benzene rings is 11. The minimum atomic E-state index is -4.01. The smallest absolute Gasteiger partial charge is 0.335 e. The zero-order valence-electron chi connectivity index (χ0n) is 58.8. The molecule has 21 nitrogen and oxygen atoms in total. The third-order valence-corrected chi connectivity index (χ3v) is 19.2. The van der Waals surface area contributed by atoms with Crippen molar-refractivity contribution in [3.8, 4) is 46.0 Å². The van der Waals surface area contributed by atoms with Crippen molar-refractivity contribution in [3.63, 3.8) is 0 Å². The Morgan fingerprint density at radius 3 is 1.16 bits per heavy atom. The lowest BCUT2D eigenvalue weighted by Gasteiger charge is -2.13. The summed E-state index contributed by atoms with van der Waals surface area (Å²) in [5.41, 5.74) is 8.08. The second-order valence-electron chi connectivity index (χ2n) is 24.2. The molecule has 0 aliphatic carbocycles. The molecule has 11 aromatic carbocycles. The number of carbonyl (C=O) groups is 3. The third kappa shape index (κ3) is 20.9. The highest BCUT2D eigenvalue weighted by molar-refractivity contribution is 7.90. The van der Waals surface area contributed by atoms with Gasteiger partial charge in [0.2, 0.25) is 0 Å². The fourth-order valence-corrected chi connectivity index (χ4v) is 13.0. The Labute approximate surface area is 629 Å². The SMILES string of the molecule is COc1cc(C(=O)NS(=O)(=O)c2ccccc2)ccc1COc1cccc(OCc2ccc3ccccc3n2)c1.COc1cc(C(=O)NS(=O)(=O)c2ccccc2)ccc1OCc1cccc(OCc2ccc3ccccc3n2)c1.O=C(O)c1cccc(COc2cccc(OCc3ccc4ccccc4n3)c2)c1. The highest BCUT2D eigenvalue weighted by atomic mass is 32.2. The first-order chi connectivity index (χ1) is 53.0. The lowest BCUT2D eigenvalue weighted by molar-refractivity contribution is 0.0696. The van der Waals surface area contributed by atoms with Crippen LogP contribution in [0.2, 0.25) is 0 Å². The number of nitrogens with zero attached hydrogens (tertiary/aromatic N) is 3. The number of sulfonamides is 2. The summed E-state index contributed by atoms with van der Waals surface area (Å²) in [5, 5.41) is 12.3. The van der Waals surface area contributed by atoms with E-state index in [9.17, 15) is 31.2 Å². The van der Waals surface area contributed by atoms with E-state index in [0.717, 1.165) is 60.9 Å². The summed E-state index contributed by atoms with van der Waals surface area (Å²) < 4.78 is 100. The number of carboxylic acid groups (broad SMARTS) is 1. The molecule has 109 heavy (non-hydrogen) atoms. The van der Waals surface area contributed by atoms with Crippen LogP contribution >= 0.6 is 0 Å². The molecule has 0 aliphatic rings. The average Bonchev–Trinajstić information content (AvgIpc) is 0.830. The molecule has 0 spiro atoms. The zero-order valence-corrected chi connectivity index (χ0v) is 60.5. The molecule has 0 atom stereocenters. The van der Waals surface area contributed by atoms with Crippen molar-refractivity contribution >= 4 is 70.5 Å². The number of aromatic nitrogens is 3. The number of pyridine rings is 3. The van der Waals surface area contributed by atoms with E-state index in [0.29, 0.717) is 71.4 Å². The maximum absolute atomic E-state index is 12.7. The number of ether oxygens (including phenoxy) is 8. The van der Waals surface area contributed by atoms with Crippen molar-refractivity contribution in [2.75, 3.05) is 14.2 Å². The number of methoxy groups -OCH3 is 2. The molecule has 3 N–H and O–H groups in total. The van der Waals surface area contributed by atoms with Gasteiger partial charge in [0.1, 0.15) is 74.1 Å². The number of nitrogens with one attached hydrogen (secondary N) is 2. The van der Waals surface area contributed by atoms with E-state index in [4.69, 9.17) is 43.0 Å². The van der Waals surface area contributed by atoms with E-state index in [1.165, 1.54) is 62.8 Å². The molecule has 0 saturated heterocycles. The minimum absolute atomic E-state index is 0.0000661. The predicted octanol–water partition coefficient (Wildman–Crippen LogP) is 16.1. The van der Waals surface area contributed by atoms with Crippen LogP contribution in [0.1, 0.15) is 64.8 Å². The minimum Gasteiger partial charge on any atom is -0.496 e. The molecular weight excluding hydrogens is 1420 g/mol. The monoisotopic (exact) mass is 1490 g/mol. The molecule has 23 heteroatoms. The summed E-state index contributed by atoms with van der Waals surface area (Å²) in [4.78, 5) is 50.3. The molecule has 0 saturated carbocycles. The van der Waals surface area contributed by atoms with E-state index in [1.807, 2.05) is 182 Å². The van der Waals surface area contributed by atoms with Crippen LogP contribution in [0.3, 0.4) is 0 Å². The molecule has 548 valence electrons. The van der Waals surface area contributed by atoms with Crippen LogP contribution in [0.5, 0.6) is 46.0 Å². The number of carbonyl (C=O) groups excluding carboxylic acids is 2. The third-order valence-electron chi connectivity index (χ3n) is 16.5. The van der Waals surface area contributed by atoms with Crippen LogP contribution in [0.4, 0.5) is 0 Å². The summed E-state index contributed by atoms with van der Waals surface area (Å²) in [5.74, 6) is 1.80. The number of amides is 2. The summed E-state index contributed by atoms with van der Waals surface area (Å²) in [6.45, 7) is 1.64. The number of hydrogen-bond acceptors (Lipinski definition) is 18. The normalized spacial score (nSPS) is 11.0. The molecule has 3 heterocycles. The Bertz CT molecular complexity index is 5520. The number of carboxylic acids is 1. The van der Waals surface area contributed by atoms with Gasteiger partial charge in [0.05, 0.1) is 63.2 Å². The molecule has 14 aromatic rings. The van der Waals surface area contributed by atoms with Gasteiger partial charge in [-0.05, 0) is 151 Å². The van der Waals surface area contributed by atoms with E-state index >= 15 is 0 Å². The number of fused-ring (bicyclic) bond motifs is 3. The van der Waals surface area contributed by atoms with E-state index in [2.05, 4.69) is 24.4 Å². The Kier molecular flexibility index (Phi) is 24.7. The standard InChI is InChI=1S/2C31H26N2O6S.C24H19NO4/c1-37-30-19-24(31(34)33-40(35,36)27-11-3-2-4-12-27)15-17-29(30)39-20-22-8-7-10-26(18-22)38-21-25-16-14-23-9-5-6-13-28(23)32-25;1-37-30-18-23(31(34)33-40(35,36)28-11-3-2-4-12-28)14-15-24(30)20-38-26-9-7-10-27(19-26)39-21-25-17-16-22-8-5-6-13-29(22)32-25;26-24(27)19-7-3-5-17(13-19)15-28-21-8-4-9-22(14-21)29-16-20-12-11-18-6-1-2-10-23(18)25-20/h2*2-19H,20-21H2,1H3,(H,33,34);1-14H,15-16H2,(H,26,27). The van der Waals surface area contributed by atoms with E-state index in [1.54, 1.807) is 72.8 Å². The molecule has 2 amide bonds. The number of rotatable bonds is 27. The average molecular weight is 1490 g/mol. The largest absolute Gasteiger partial charge is 0.496 e. The predicted molar refractivity (Wildman–Crippen MR) is 412 cm³/mol.